The lowest BCUT2D eigenvalue weighted by Gasteiger charge is -2.26. The van der Waals surface area contributed by atoms with E-state index < -0.39 is 0 Å². The molecule has 1 fully saturated rings. The molecule has 0 radical (unpaired) electrons. The predicted octanol–water partition coefficient (Wildman–Crippen LogP) is 0.850. The number of aromatic nitrogens is 2. The number of rotatable bonds is 4. The van der Waals surface area contributed by atoms with Crippen molar-refractivity contribution >= 4 is 5.91 Å². The number of hydrogen-bond donors (Lipinski definition) is 2. The highest BCUT2D eigenvalue weighted by molar-refractivity contribution is 5.82. The van der Waals surface area contributed by atoms with Gasteiger partial charge in [0.25, 0.3) is 0 Å². The summed E-state index contributed by atoms with van der Waals surface area (Å²) in [5.74, 6) is 0.0756. The Hall–Kier alpha value is -2.14. The largest absolute Gasteiger partial charge is 0.351 e. The fourth-order valence-corrected chi connectivity index (χ4v) is 2.13. The standard InChI is InChI=1S/C14H16N4O/c19-14(12-5-6-16-12)17-9-11-3-1-2-4-13(11)18-8-7-15-10-18/h1-4,7-8,10,12,16H,5-6,9H2,(H,17,19)/t12-/m0/s1. The summed E-state index contributed by atoms with van der Waals surface area (Å²) in [6, 6.07) is 7.98. The number of imidazole rings is 1. The summed E-state index contributed by atoms with van der Waals surface area (Å²) in [5.41, 5.74) is 2.12. The first-order valence-corrected chi connectivity index (χ1v) is 6.42. The highest BCUT2D eigenvalue weighted by Crippen LogP contribution is 2.14. The first-order chi connectivity index (χ1) is 9.34. The van der Waals surface area contributed by atoms with Gasteiger partial charge in [-0.2, -0.15) is 0 Å². The summed E-state index contributed by atoms with van der Waals surface area (Å²) in [7, 11) is 0. The maximum atomic E-state index is 11.8. The van der Waals surface area contributed by atoms with E-state index >= 15 is 0 Å². The Morgan fingerprint density at radius 1 is 1.47 bits per heavy atom. The highest BCUT2D eigenvalue weighted by atomic mass is 16.2. The van der Waals surface area contributed by atoms with Gasteiger partial charge in [0.05, 0.1) is 18.1 Å². The monoisotopic (exact) mass is 256 g/mol. The van der Waals surface area contributed by atoms with E-state index in [2.05, 4.69) is 15.6 Å². The average Bonchev–Trinajstić information content (AvgIpc) is 2.88. The van der Waals surface area contributed by atoms with Gasteiger partial charge in [-0.25, -0.2) is 4.98 Å². The molecule has 1 aromatic carbocycles. The van der Waals surface area contributed by atoms with Crippen molar-refractivity contribution in [2.75, 3.05) is 6.54 Å². The fourth-order valence-electron chi connectivity index (χ4n) is 2.13. The third-order valence-electron chi connectivity index (χ3n) is 3.37. The van der Waals surface area contributed by atoms with Crippen molar-refractivity contribution in [1.82, 2.24) is 20.2 Å². The minimum absolute atomic E-state index is 0.0135. The molecular weight excluding hydrogens is 240 g/mol. The van der Waals surface area contributed by atoms with Crippen LogP contribution >= 0.6 is 0 Å². The Balaban J connectivity index is 1.72. The summed E-state index contributed by atoms with van der Waals surface area (Å²) in [6.07, 6.45) is 6.32. The lowest BCUT2D eigenvalue weighted by Crippen LogP contribution is -2.53. The van der Waals surface area contributed by atoms with Gasteiger partial charge in [-0.1, -0.05) is 18.2 Å². The van der Waals surface area contributed by atoms with E-state index in [-0.39, 0.29) is 11.9 Å². The Kier molecular flexibility index (Phi) is 3.29. The first kappa shape index (κ1) is 11.9. The van der Waals surface area contributed by atoms with Gasteiger partial charge < -0.3 is 15.2 Å². The number of nitrogens with one attached hydrogen (secondary N) is 2. The molecule has 1 aliphatic heterocycles. The van der Waals surface area contributed by atoms with Crippen LogP contribution in [-0.4, -0.2) is 28.0 Å². The van der Waals surface area contributed by atoms with Gasteiger partial charge in [-0.3, -0.25) is 4.79 Å². The highest BCUT2D eigenvalue weighted by Gasteiger charge is 2.23. The van der Waals surface area contributed by atoms with Crippen LogP contribution < -0.4 is 10.6 Å². The number of benzene rings is 1. The quantitative estimate of drug-likeness (QED) is 0.852. The summed E-state index contributed by atoms with van der Waals surface area (Å²) < 4.78 is 1.95. The van der Waals surface area contributed by atoms with Crippen LogP contribution in [0.15, 0.2) is 43.0 Å². The van der Waals surface area contributed by atoms with Crippen molar-refractivity contribution in [3.05, 3.63) is 48.5 Å². The Bertz CT molecular complexity index is 561. The van der Waals surface area contributed by atoms with E-state index in [1.165, 1.54) is 0 Å². The molecule has 3 rings (SSSR count). The molecule has 2 heterocycles. The molecule has 0 unspecified atom stereocenters. The molecule has 19 heavy (non-hydrogen) atoms. The molecule has 1 saturated heterocycles. The van der Waals surface area contributed by atoms with E-state index in [1.807, 2.05) is 35.0 Å². The van der Waals surface area contributed by atoms with Crippen LogP contribution in [0.1, 0.15) is 12.0 Å². The van der Waals surface area contributed by atoms with Crippen LogP contribution in [0.25, 0.3) is 5.69 Å². The fraction of sp³-hybridized carbons (Fsp3) is 0.286. The molecule has 5 heteroatoms. The number of carbonyl (C=O) groups is 1. The lowest BCUT2D eigenvalue weighted by molar-refractivity contribution is -0.124. The third-order valence-corrected chi connectivity index (χ3v) is 3.37. The Morgan fingerprint density at radius 2 is 2.32 bits per heavy atom. The molecule has 0 bridgehead atoms. The topological polar surface area (TPSA) is 59.0 Å². The van der Waals surface area contributed by atoms with E-state index in [0.717, 1.165) is 24.2 Å². The number of hydrogen-bond acceptors (Lipinski definition) is 3. The van der Waals surface area contributed by atoms with Crippen LogP contribution in [0.3, 0.4) is 0 Å². The van der Waals surface area contributed by atoms with Gasteiger partial charge in [-0.15, -0.1) is 0 Å². The van der Waals surface area contributed by atoms with Gasteiger partial charge in [0.1, 0.15) is 0 Å². The number of amides is 1. The second-order valence-corrected chi connectivity index (χ2v) is 4.61. The molecule has 1 amide bonds. The zero-order valence-corrected chi connectivity index (χ0v) is 10.5. The molecule has 1 aromatic heterocycles. The molecule has 2 aromatic rings. The van der Waals surface area contributed by atoms with Crippen molar-refractivity contribution in [2.24, 2.45) is 0 Å². The van der Waals surface area contributed by atoms with Gasteiger partial charge in [0.2, 0.25) is 5.91 Å². The number of nitrogens with zero attached hydrogens (tertiary/aromatic N) is 2. The second kappa shape index (κ2) is 5.24. The van der Waals surface area contributed by atoms with Crippen LogP contribution in [0.5, 0.6) is 0 Å². The van der Waals surface area contributed by atoms with Gasteiger partial charge in [-0.05, 0) is 24.6 Å². The normalized spacial score (nSPS) is 17.8. The minimum atomic E-state index is -0.0135. The molecule has 0 saturated carbocycles. The Labute approximate surface area is 111 Å². The van der Waals surface area contributed by atoms with Gasteiger partial charge >= 0.3 is 0 Å². The van der Waals surface area contributed by atoms with Crippen molar-refractivity contribution in [3.8, 4) is 5.69 Å². The molecule has 1 aliphatic rings. The number of carbonyl (C=O) groups excluding carboxylic acids is 1. The minimum Gasteiger partial charge on any atom is -0.351 e. The summed E-state index contributed by atoms with van der Waals surface area (Å²) >= 11 is 0. The maximum absolute atomic E-state index is 11.8. The molecule has 98 valence electrons. The van der Waals surface area contributed by atoms with Crippen molar-refractivity contribution in [2.45, 2.75) is 19.0 Å². The molecule has 0 aliphatic carbocycles. The van der Waals surface area contributed by atoms with Crippen molar-refractivity contribution in [1.29, 1.82) is 0 Å². The molecule has 5 nitrogen and oxygen atoms in total. The summed E-state index contributed by atoms with van der Waals surface area (Å²) in [6.45, 7) is 1.47. The van der Waals surface area contributed by atoms with Gasteiger partial charge in [0, 0.05) is 18.9 Å². The number of para-hydroxylation sites is 1. The molecular formula is C14H16N4O. The second-order valence-electron chi connectivity index (χ2n) is 4.61. The zero-order chi connectivity index (χ0) is 13.1. The third kappa shape index (κ3) is 2.51. The van der Waals surface area contributed by atoms with E-state index in [0.29, 0.717) is 6.54 Å². The summed E-state index contributed by atoms with van der Waals surface area (Å²) in [4.78, 5) is 15.9. The SMILES string of the molecule is O=C(NCc1ccccc1-n1ccnc1)[C@@H]1CCN1. The molecule has 2 N–H and O–H groups in total. The van der Waals surface area contributed by atoms with Crippen LogP contribution in [0.2, 0.25) is 0 Å². The molecule has 0 spiro atoms. The van der Waals surface area contributed by atoms with Crippen LogP contribution in [0, 0.1) is 0 Å². The Morgan fingerprint density at radius 3 is 3.00 bits per heavy atom. The zero-order valence-electron chi connectivity index (χ0n) is 10.5. The smallest absolute Gasteiger partial charge is 0.237 e. The van der Waals surface area contributed by atoms with Gasteiger partial charge in [0.15, 0.2) is 0 Å². The van der Waals surface area contributed by atoms with E-state index in [1.54, 1.807) is 12.5 Å². The lowest BCUT2D eigenvalue weighted by atomic mass is 10.1. The van der Waals surface area contributed by atoms with E-state index in [9.17, 15) is 4.79 Å². The van der Waals surface area contributed by atoms with E-state index in [4.69, 9.17) is 0 Å². The van der Waals surface area contributed by atoms with Crippen LogP contribution in [-0.2, 0) is 11.3 Å². The van der Waals surface area contributed by atoms with Crippen molar-refractivity contribution < 1.29 is 4.79 Å². The first-order valence-electron chi connectivity index (χ1n) is 6.42. The molecule has 1 atom stereocenters. The van der Waals surface area contributed by atoms with Crippen LogP contribution in [0.4, 0.5) is 0 Å². The summed E-state index contributed by atoms with van der Waals surface area (Å²) in [5, 5.41) is 6.06. The van der Waals surface area contributed by atoms with Crippen molar-refractivity contribution in [3.63, 3.8) is 0 Å². The predicted molar refractivity (Wildman–Crippen MR) is 71.8 cm³/mol. The maximum Gasteiger partial charge on any atom is 0.237 e. The average molecular weight is 256 g/mol.